The van der Waals surface area contributed by atoms with E-state index in [9.17, 15) is 18.3 Å². The Morgan fingerprint density at radius 1 is 1.20 bits per heavy atom. The second-order valence-corrected chi connectivity index (χ2v) is 5.02. The molecular formula is C10H16F3NO. The van der Waals surface area contributed by atoms with Crippen molar-refractivity contribution in [3.63, 3.8) is 0 Å². The molecule has 0 spiro atoms. The van der Waals surface area contributed by atoms with E-state index < -0.39 is 23.2 Å². The standard InChI is InChI=1S/C10H16F3NO/c11-10(12,13)7-2-1-3-9(15,6-7)8(14)4-5-8/h7,15H,1-6,14H2. The molecule has 0 saturated heterocycles. The Morgan fingerprint density at radius 3 is 2.27 bits per heavy atom. The van der Waals surface area contributed by atoms with Crippen LogP contribution < -0.4 is 5.73 Å². The Balaban J connectivity index is 2.10. The largest absolute Gasteiger partial charge is 0.391 e. The lowest BCUT2D eigenvalue weighted by Gasteiger charge is -2.41. The normalized spacial score (nSPS) is 40.2. The van der Waals surface area contributed by atoms with Crippen LogP contribution in [0.25, 0.3) is 0 Å². The minimum atomic E-state index is -4.19. The van der Waals surface area contributed by atoms with Crippen LogP contribution in [0.2, 0.25) is 0 Å². The number of hydrogen-bond acceptors (Lipinski definition) is 2. The number of aliphatic hydroxyl groups is 1. The van der Waals surface area contributed by atoms with E-state index in [1.54, 1.807) is 0 Å². The summed E-state index contributed by atoms with van der Waals surface area (Å²) in [5, 5.41) is 10.2. The first kappa shape index (κ1) is 11.2. The summed E-state index contributed by atoms with van der Waals surface area (Å²) in [5.74, 6) is -1.38. The molecular weight excluding hydrogens is 207 g/mol. The summed E-state index contributed by atoms with van der Waals surface area (Å²) in [7, 11) is 0. The number of nitrogens with two attached hydrogens (primary N) is 1. The summed E-state index contributed by atoms with van der Waals surface area (Å²) in [5.41, 5.74) is 3.82. The first-order chi connectivity index (χ1) is 6.77. The fourth-order valence-electron chi connectivity index (χ4n) is 2.58. The molecule has 0 amide bonds. The highest BCUT2D eigenvalue weighted by Crippen LogP contribution is 2.52. The molecule has 0 aliphatic heterocycles. The second kappa shape index (κ2) is 3.10. The molecule has 2 aliphatic rings. The van der Waals surface area contributed by atoms with Crippen LogP contribution in [0.1, 0.15) is 38.5 Å². The van der Waals surface area contributed by atoms with E-state index >= 15 is 0 Å². The molecule has 0 aromatic heterocycles. The molecule has 2 aliphatic carbocycles. The summed E-state index contributed by atoms with van der Waals surface area (Å²) in [6.45, 7) is 0. The Labute approximate surface area is 86.6 Å². The fourth-order valence-corrected chi connectivity index (χ4v) is 2.58. The molecule has 0 radical (unpaired) electrons. The van der Waals surface area contributed by atoms with Gasteiger partial charge in [0.1, 0.15) is 0 Å². The van der Waals surface area contributed by atoms with Crippen molar-refractivity contribution >= 4 is 0 Å². The van der Waals surface area contributed by atoms with Crippen LogP contribution in [-0.4, -0.2) is 22.4 Å². The maximum absolute atomic E-state index is 12.5. The van der Waals surface area contributed by atoms with Crippen molar-refractivity contribution in [1.82, 2.24) is 0 Å². The molecule has 2 fully saturated rings. The lowest BCUT2D eigenvalue weighted by molar-refractivity contribution is -0.204. The topological polar surface area (TPSA) is 46.2 Å². The fraction of sp³-hybridized carbons (Fsp3) is 1.00. The van der Waals surface area contributed by atoms with Crippen LogP contribution in [0.3, 0.4) is 0 Å². The third-order valence-electron chi connectivity index (χ3n) is 3.91. The van der Waals surface area contributed by atoms with Gasteiger partial charge >= 0.3 is 6.18 Å². The SMILES string of the molecule is NC1(C2(O)CCCC(C(F)(F)F)C2)CC1. The molecule has 15 heavy (non-hydrogen) atoms. The van der Waals surface area contributed by atoms with Gasteiger partial charge in [-0.05, 0) is 38.5 Å². The van der Waals surface area contributed by atoms with Crippen LogP contribution in [0, 0.1) is 5.92 Å². The Hall–Kier alpha value is -0.290. The number of rotatable bonds is 1. The molecule has 2 nitrogen and oxygen atoms in total. The smallest absolute Gasteiger partial charge is 0.388 e. The molecule has 0 aromatic rings. The van der Waals surface area contributed by atoms with Gasteiger partial charge in [0.15, 0.2) is 0 Å². The maximum Gasteiger partial charge on any atom is 0.391 e. The van der Waals surface area contributed by atoms with Gasteiger partial charge in [-0.1, -0.05) is 0 Å². The number of alkyl halides is 3. The van der Waals surface area contributed by atoms with Crippen LogP contribution in [0.4, 0.5) is 13.2 Å². The van der Waals surface area contributed by atoms with Gasteiger partial charge in [0, 0.05) is 5.54 Å². The molecule has 2 saturated carbocycles. The lowest BCUT2D eigenvalue weighted by atomic mass is 9.73. The molecule has 3 N–H and O–H groups in total. The van der Waals surface area contributed by atoms with E-state index in [1.165, 1.54) is 0 Å². The van der Waals surface area contributed by atoms with Crippen LogP contribution >= 0.6 is 0 Å². The molecule has 5 heteroatoms. The zero-order chi connectivity index (χ0) is 11.3. The highest BCUT2D eigenvalue weighted by molar-refractivity contribution is 5.15. The van der Waals surface area contributed by atoms with Crippen LogP contribution in [0.5, 0.6) is 0 Å². The number of hydrogen-bond donors (Lipinski definition) is 2. The predicted octanol–water partition coefficient (Wildman–Crippen LogP) is 1.96. The van der Waals surface area contributed by atoms with Gasteiger partial charge in [-0.3, -0.25) is 0 Å². The van der Waals surface area contributed by atoms with E-state index in [4.69, 9.17) is 5.73 Å². The Morgan fingerprint density at radius 2 is 1.80 bits per heavy atom. The van der Waals surface area contributed by atoms with E-state index in [0.717, 1.165) is 0 Å². The van der Waals surface area contributed by atoms with Crippen molar-refractivity contribution in [1.29, 1.82) is 0 Å². The first-order valence-electron chi connectivity index (χ1n) is 5.35. The van der Waals surface area contributed by atoms with Gasteiger partial charge in [-0.2, -0.15) is 13.2 Å². The predicted molar refractivity (Wildman–Crippen MR) is 49.1 cm³/mol. The zero-order valence-electron chi connectivity index (χ0n) is 8.48. The minimum Gasteiger partial charge on any atom is -0.388 e. The van der Waals surface area contributed by atoms with E-state index in [-0.39, 0.29) is 12.8 Å². The molecule has 0 aromatic carbocycles. The Kier molecular flexibility index (Phi) is 2.32. The van der Waals surface area contributed by atoms with Crippen molar-refractivity contribution in [2.24, 2.45) is 11.7 Å². The highest BCUT2D eigenvalue weighted by atomic mass is 19.4. The number of halogens is 3. The summed E-state index contributed by atoms with van der Waals surface area (Å²) in [6.07, 6.45) is -2.16. The summed E-state index contributed by atoms with van der Waals surface area (Å²) < 4.78 is 37.6. The van der Waals surface area contributed by atoms with E-state index in [2.05, 4.69) is 0 Å². The quantitative estimate of drug-likeness (QED) is 0.713. The average molecular weight is 223 g/mol. The summed E-state index contributed by atoms with van der Waals surface area (Å²) in [4.78, 5) is 0. The van der Waals surface area contributed by atoms with Crippen molar-refractivity contribution < 1.29 is 18.3 Å². The molecule has 0 bridgehead atoms. The Bertz CT molecular complexity index is 262. The molecule has 2 rings (SSSR count). The van der Waals surface area contributed by atoms with Gasteiger partial charge in [-0.25, -0.2) is 0 Å². The lowest BCUT2D eigenvalue weighted by Crippen LogP contribution is -2.54. The van der Waals surface area contributed by atoms with E-state index in [1.807, 2.05) is 0 Å². The monoisotopic (exact) mass is 223 g/mol. The third kappa shape index (κ3) is 1.87. The first-order valence-corrected chi connectivity index (χ1v) is 5.35. The van der Waals surface area contributed by atoms with Gasteiger partial charge in [0.05, 0.1) is 11.5 Å². The average Bonchev–Trinajstić information content (AvgIpc) is 2.84. The minimum absolute atomic E-state index is 0.127. The van der Waals surface area contributed by atoms with E-state index in [0.29, 0.717) is 25.7 Å². The molecule has 88 valence electrons. The molecule has 0 heterocycles. The van der Waals surface area contributed by atoms with Crippen molar-refractivity contribution in [2.45, 2.75) is 55.8 Å². The van der Waals surface area contributed by atoms with Gasteiger partial charge < -0.3 is 10.8 Å². The summed E-state index contributed by atoms with van der Waals surface area (Å²) in [6, 6.07) is 0. The molecule has 2 atom stereocenters. The van der Waals surface area contributed by atoms with Crippen molar-refractivity contribution in [2.75, 3.05) is 0 Å². The summed E-state index contributed by atoms with van der Waals surface area (Å²) >= 11 is 0. The second-order valence-electron chi connectivity index (χ2n) is 5.02. The highest BCUT2D eigenvalue weighted by Gasteiger charge is 2.59. The third-order valence-corrected chi connectivity index (χ3v) is 3.91. The van der Waals surface area contributed by atoms with Crippen LogP contribution in [-0.2, 0) is 0 Å². The van der Waals surface area contributed by atoms with Gasteiger partial charge in [0.2, 0.25) is 0 Å². The zero-order valence-corrected chi connectivity index (χ0v) is 8.48. The van der Waals surface area contributed by atoms with Crippen LogP contribution in [0.15, 0.2) is 0 Å². The van der Waals surface area contributed by atoms with Gasteiger partial charge in [-0.15, -0.1) is 0 Å². The van der Waals surface area contributed by atoms with Crippen molar-refractivity contribution in [3.05, 3.63) is 0 Å². The molecule has 2 unspecified atom stereocenters. The van der Waals surface area contributed by atoms with Gasteiger partial charge in [0.25, 0.3) is 0 Å². The maximum atomic E-state index is 12.5. The van der Waals surface area contributed by atoms with Crippen molar-refractivity contribution in [3.8, 4) is 0 Å².